The first kappa shape index (κ1) is 19.5. The standard InChI is InChI=1S/C23H19Cl2N3O/c1-14-12-17(16(3)27(14)21-11-7-10-20(24)22(21)25)13-19-15(2)26-28(23(19)29)18-8-5-4-6-9-18/h4-13H,1-3H3/b19-13+. The number of anilines is 1. The first-order chi connectivity index (χ1) is 13.9. The fraction of sp³-hybridized carbons (Fsp3) is 0.130. The summed E-state index contributed by atoms with van der Waals surface area (Å²) in [6, 6.07) is 17.0. The minimum atomic E-state index is -0.140. The van der Waals surface area contributed by atoms with Crippen molar-refractivity contribution in [3.05, 3.63) is 87.2 Å². The zero-order valence-corrected chi connectivity index (χ0v) is 17.8. The minimum Gasteiger partial charge on any atom is -0.316 e. The zero-order chi connectivity index (χ0) is 20.7. The summed E-state index contributed by atoms with van der Waals surface area (Å²) < 4.78 is 2.04. The predicted molar refractivity (Wildman–Crippen MR) is 120 cm³/mol. The molecule has 1 aliphatic rings. The van der Waals surface area contributed by atoms with Crippen molar-refractivity contribution in [2.45, 2.75) is 20.8 Å². The van der Waals surface area contributed by atoms with E-state index in [2.05, 4.69) is 5.10 Å². The van der Waals surface area contributed by atoms with Crippen molar-refractivity contribution >= 4 is 46.6 Å². The van der Waals surface area contributed by atoms with Crippen molar-refractivity contribution in [3.8, 4) is 5.69 Å². The molecule has 146 valence electrons. The molecular formula is C23H19Cl2N3O. The van der Waals surface area contributed by atoms with Crippen molar-refractivity contribution in [1.29, 1.82) is 0 Å². The number of amides is 1. The number of hydrogen-bond donors (Lipinski definition) is 0. The van der Waals surface area contributed by atoms with Crippen LogP contribution in [0.4, 0.5) is 5.69 Å². The number of hydrazone groups is 1. The maximum Gasteiger partial charge on any atom is 0.280 e. The van der Waals surface area contributed by atoms with Gasteiger partial charge in [-0.15, -0.1) is 0 Å². The number of rotatable bonds is 3. The molecule has 6 heteroatoms. The Morgan fingerprint density at radius 1 is 0.966 bits per heavy atom. The van der Waals surface area contributed by atoms with Gasteiger partial charge in [0.05, 0.1) is 32.7 Å². The van der Waals surface area contributed by atoms with Crippen LogP contribution in [0, 0.1) is 13.8 Å². The maximum absolute atomic E-state index is 13.0. The minimum absolute atomic E-state index is 0.140. The van der Waals surface area contributed by atoms with Gasteiger partial charge in [-0.05, 0) is 62.7 Å². The zero-order valence-electron chi connectivity index (χ0n) is 16.3. The van der Waals surface area contributed by atoms with Crippen LogP contribution in [0.1, 0.15) is 23.9 Å². The van der Waals surface area contributed by atoms with Crippen LogP contribution in [0.2, 0.25) is 10.0 Å². The highest BCUT2D eigenvalue weighted by molar-refractivity contribution is 6.43. The van der Waals surface area contributed by atoms with Gasteiger partial charge in [-0.25, -0.2) is 0 Å². The molecule has 2 aromatic carbocycles. The molecule has 0 atom stereocenters. The molecule has 1 aromatic heterocycles. The third-order valence-corrected chi connectivity index (χ3v) is 5.81. The molecule has 0 N–H and O–H groups in total. The molecule has 0 spiro atoms. The van der Waals surface area contributed by atoms with E-state index in [1.54, 1.807) is 6.07 Å². The second-order valence-electron chi connectivity index (χ2n) is 6.93. The van der Waals surface area contributed by atoms with E-state index in [0.717, 1.165) is 28.3 Å². The molecule has 0 bridgehead atoms. The topological polar surface area (TPSA) is 37.6 Å². The lowest BCUT2D eigenvalue weighted by molar-refractivity contribution is -0.114. The van der Waals surface area contributed by atoms with Gasteiger partial charge >= 0.3 is 0 Å². The number of aromatic nitrogens is 1. The van der Waals surface area contributed by atoms with Crippen LogP contribution in [0.15, 0.2) is 65.3 Å². The molecule has 1 aliphatic heterocycles. The molecule has 0 saturated carbocycles. The Morgan fingerprint density at radius 2 is 1.69 bits per heavy atom. The summed E-state index contributed by atoms with van der Waals surface area (Å²) in [6.07, 6.45) is 1.89. The molecular weight excluding hydrogens is 405 g/mol. The summed E-state index contributed by atoms with van der Waals surface area (Å²) >= 11 is 12.6. The van der Waals surface area contributed by atoms with Crippen LogP contribution in [0.5, 0.6) is 0 Å². The molecule has 1 amide bonds. The summed E-state index contributed by atoms with van der Waals surface area (Å²) in [4.78, 5) is 13.0. The van der Waals surface area contributed by atoms with E-state index in [1.807, 2.05) is 79.9 Å². The summed E-state index contributed by atoms with van der Waals surface area (Å²) in [5, 5.41) is 6.89. The lowest BCUT2D eigenvalue weighted by Gasteiger charge is -2.12. The molecule has 0 radical (unpaired) electrons. The second kappa shape index (κ2) is 7.54. The summed E-state index contributed by atoms with van der Waals surface area (Å²) in [5.74, 6) is -0.140. The molecule has 0 fully saturated rings. The molecule has 2 heterocycles. The Hall–Kier alpha value is -2.82. The maximum atomic E-state index is 13.0. The van der Waals surface area contributed by atoms with Crippen LogP contribution >= 0.6 is 23.2 Å². The third kappa shape index (κ3) is 3.39. The van der Waals surface area contributed by atoms with Gasteiger partial charge in [0.15, 0.2) is 0 Å². The third-order valence-electron chi connectivity index (χ3n) is 5.01. The van der Waals surface area contributed by atoms with Gasteiger partial charge in [-0.1, -0.05) is 47.5 Å². The number of hydrogen-bond acceptors (Lipinski definition) is 2. The van der Waals surface area contributed by atoms with Crippen molar-refractivity contribution < 1.29 is 4.79 Å². The van der Waals surface area contributed by atoms with E-state index in [4.69, 9.17) is 23.2 Å². The monoisotopic (exact) mass is 423 g/mol. The summed E-state index contributed by atoms with van der Waals surface area (Å²) in [6.45, 7) is 5.84. The molecule has 0 unspecified atom stereocenters. The summed E-state index contributed by atoms with van der Waals surface area (Å²) in [5.41, 5.74) is 5.72. The Kier molecular flexibility index (Phi) is 5.07. The van der Waals surface area contributed by atoms with Gasteiger partial charge in [0.2, 0.25) is 0 Å². The van der Waals surface area contributed by atoms with Crippen molar-refractivity contribution in [2.75, 3.05) is 5.01 Å². The van der Waals surface area contributed by atoms with Crippen molar-refractivity contribution in [1.82, 2.24) is 4.57 Å². The highest BCUT2D eigenvalue weighted by Gasteiger charge is 2.29. The molecule has 3 aromatic rings. The number of halogens is 2. The lowest BCUT2D eigenvalue weighted by atomic mass is 10.1. The number of benzene rings is 2. The van der Waals surface area contributed by atoms with Crippen LogP contribution < -0.4 is 5.01 Å². The summed E-state index contributed by atoms with van der Waals surface area (Å²) in [7, 11) is 0. The van der Waals surface area contributed by atoms with E-state index in [1.165, 1.54) is 5.01 Å². The SMILES string of the molecule is CC1=NN(c2ccccc2)C(=O)/C1=C/c1cc(C)n(-c2cccc(Cl)c2Cl)c1C. The smallest absolute Gasteiger partial charge is 0.280 e. The highest BCUT2D eigenvalue weighted by atomic mass is 35.5. The van der Waals surface area contributed by atoms with E-state index >= 15 is 0 Å². The predicted octanol–water partition coefficient (Wildman–Crippen LogP) is 6.21. The van der Waals surface area contributed by atoms with Gasteiger partial charge in [0.25, 0.3) is 5.91 Å². The number of aryl methyl sites for hydroxylation is 1. The average Bonchev–Trinajstić information content (AvgIpc) is 3.15. The van der Waals surface area contributed by atoms with Gasteiger partial charge in [0, 0.05) is 11.4 Å². The first-order valence-electron chi connectivity index (χ1n) is 9.18. The van der Waals surface area contributed by atoms with Crippen LogP contribution in [0.3, 0.4) is 0 Å². The number of carbonyl (C=O) groups excluding carboxylic acids is 1. The fourth-order valence-electron chi connectivity index (χ4n) is 3.55. The lowest BCUT2D eigenvalue weighted by Crippen LogP contribution is -2.21. The Labute approximate surface area is 179 Å². The number of nitrogens with zero attached hydrogens (tertiary/aromatic N) is 3. The van der Waals surface area contributed by atoms with E-state index in [0.29, 0.717) is 21.3 Å². The largest absolute Gasteiger partial charge is 0.316 e. The van der Waals surface area contributed by atoms with Crippen molar-refractivity contribution in [3.63, 3.8) is 0 Å². The number of carbonyl (C=O) groups is 1. The Balaban J connectivity index is 1.76. The number of para-hydroxylation sites is 1. The second-order valence-corrected chi connectivity index (χ2v) is 7.72. The van der Waals surface area contributed by atoms with Gasteiger partial charge in [-0.2, -0.15) is 10.1 Å². The van der Waals surface area contributed by atoms with Gasteiger partial charge in [0.1, 0.15) is 0 Å². The van der Waals surface area contributed by atoms with E-state index in [9.17, 15) is 4.79 Å². The molecule has 29 heavy (non-hydrogen) atoms. The molecule has 4 rings (SSSR count). The van der Waals surface area contributed by atoms with Crippen LogP contribution in [-0.4, -0.2) is 16.2 Å². The Morgan fingerprint density at radius 3 is 2.41 bits per heavy atom. The fourth-order valence-corrected chi connectivity index (χ4v) is 3.93. The van der Waals surface area contributed by atoms with Crippen molar-refractivity contribution in [2.24, 2.45) is 5.10 Å². The molecule has 4 nitrogen and oxygen atoms in total. The molecule has 0 saturated heterocycles. The normalized spacial score (nSPS) is 15.3. The van der Waals surface area contributed by atoms with Crippen LogP contribution in [-0.2, 0) is 4.79 Å². The average molecular weight is 424 g/mol. The van der Waals surface area contributed by atoms with Gasteiger partial charge < -0.3 is 4.57 Å². The quantitative estimate of drug-likeness (QED) is 0.461. The molecule has 0 aliphatic carbocycles. The van der Waals surface area contributed by atoms with E-state index < -0.39 is 0 Å². The van der Waals surface area contributed by atoms with Crippen LogP contribution in [0.25, 0.3) is 11.8 Å². The van der Waals surface area contributed by atoms with E-state index in [-0.39, 0.29) is 5.91 Å². The highest BCUT2D eigenvalue weighted by Crippen LogP contribution is 2.33. The first-order valence-corrected chi connectivity index (χ1v) is 9.94. The van der Waals surface area contributed by atoms with Gasteiger partial charge in [-0.3, -0.25) is 4.79 Å². The Bertz CT molecular complexity index is 1180.